The topological polar surface area (TPSA) is 71.0 Å². The minimum absolute atomic E-state index is 0.00845. The van der Waals surface area contributed by atoms with Gasteiger partial charge < -0.3 is 4.90 Å². The minimum atomic E-state index is -0.454. The zero-order chi connectivity index (χ0) is 18.0. The van der Waals surface area contributed by atoms with Crippen LogP contribution in [0.25, 0.3) is 5.69 Å². The quantitative estimate of drug-likeness (QED) is 0.922. The molecule has 1 N–H and O–H groups in total. The van der Waals surface area contributed by atoms with Gasteiger partial charge in [-0.25, -0.2) is 18.9 Å². The van der Waals surface area contributed by atoms with Crippen molar-refractivity contribution in [3.63, 3.8) is 0 Å². The number of nitrogens with one attached hydrogen (secondary N) is 1. The second kappa shape index (κ2) is 7.21. The summed E-state index contributed by atoms with van der Waals surface area (Å²) in [5.41, 5.74) is -0.226. The Morgan fingerprint density at radius 1 is 1.32 bits per heavy atom. The van der Waals surface area contributed by atoms with E-state index in [0.29, 0.717) is 18.2 Å². The first-order valence-electron chi connectivity index (χ1n) is 8.67. The monoisotopic (exact) mass is 346 g/mol. The number of nitrogens with zero attached hydrogens (tertiary/aromatic N) is 3. The number of piperidine rings is 1. The second-order valence-electron chi connectivity index (χ2n) is 6.86. The summed E-state index contributed by atoms with van der Waals surface area (Å²) in [4.78, 5) is 26.0. The first-order valence-corrected chi connectivity index (χ1v) is 8.67. The molecular weight excluding hydrogens is 323 g/mol. The Labute approximate surface area is 145 Å². The molecule has 25 heavy (non-hydrogen) atoms. The van der Waals surface area contributed by atoms with E-state index >= 15 is 0 Å². The van der Waals surface area contributed by atoms with E-state index in [2.05, 4.69) is 10.2 Å². The maximum atomic E-state index is 14.1. The standard InChI is InChI=1S/C18H23FN4O2/c1-12(2)17(24)22-9-7-13(8-10-22)11-16-20-21-18(25)23(16)15-6-4-3-5-14(15)19/h3-6,12-13H,7-11H2,1-2H3,(H,21,25). The lowest BCUT2D eigenvalue weighted by Gasteiger charge is -2.33. The third kappa shape index (κ3) is 3.65. The molecule has 1 aromatic heterocycles. The van der Waals surface area contributed by atoms with Crippen LogP contribution in [0.3, 0.4) is 0 Å². The van der Waals surface area contributed by atoms with Crippen LogP contribution in [0.4, 0.5) is 4.39 Å². The van der Waals surface area contributed by atoms with Crippen molar-refractivity contribution in [2.24, 2.45) is 11.8 Å². The maximum absolute atomic E-state index is 14.1. The number of H-pyrrole nitrogens is 1. The van der Waals surface area contributed by atoms with E-state index in [1.165, 1.54) is 10.6 Å². The maximum Gasteiger partial charge on any atom is 0.348 e. The van der Waals surface area contributed by atoms with E-state index in [9.17, 15) is 14.0 Å². The normalized spacial score (nSPS) is 15.8. The Bertz CT molecular complexity index is 803. The number of hydrogen-bond acceptors (Lipinski definition) is 3. The lowest BCUT2D eigenvalue weighted by atomic mass is 9.92. The molecule has 1 saturated heterocycles. The number of likely N-dealkylation sites (tertiary alicyclic amines) is 1. The van der Waals surface area contributed by atoms with Crippen molar-refractivity contribution in [2.45, 2.75) is 33.1 Å². The highest BCUT2D eigenvalue weighted by atomic mass is 19.1. The molecule has 0 aliphatic carbocycles. The predicted molar refractivity (Wildman–Crippen MR) is 92.0 cm³/mol. The summed E-state index contributed by atoms with van der Waals surface area (Å²) in [6.45, 7) is 5.25. The fourth-order valence-corrected chi connectivity index (χ4v) is 3.33. The summed E-state index contributed by atoms with van der Waals surface area (Å²) in [7, 11) is 0. The average Bonchev–Trinajstić information content (AvgIpc) is 2.96. The van der Waals surface area contributed by atoms with Gasteiger partial charge in [0.25, 0.3) is 0 Å². The van der Waals surface area contributed by atoms with Crippen LogP contribution in [0, 0.1) is 17.7 Å². The average molecular weight is 346 g/mol. The zero-order valence-electron chi connectivity index (χ0n) is 14.5. The lowest BCUT2D eigenvalue weighted by molar-refractivity contribution is -0.135. The second-order valence-corrected chi connectivity index (χ2v) is 6.86. The number of para-hydroxylation sites is 1. The van der Waals surface area contributed by atoms with E-state index in [-0.39, 0.29) is 17.5 Å². The number of carbonyl (C=O) groups excluding carboxylic acids is 1. The molecule has 6 nitrogen and oxygen atoms in total. The number of rotatable bonds is 4. The van der Waals surface area contributed by atoms with Gasteiger partial charge in [-0.3, -0.25) is 4.79 Å². The van der Waals surface area contributed by atoms with Crippen LogP contribution in [0.5, 0.6) is 0 Å². The van der Waals surface area contributed by atoms with Gasteiger partial charge in [0.2, 0.25) is 5.91 Å². The summed E-state index contributed by atoms with van der Waals surface area (Å²) in [5.74, 6) is 0.584. The molecule has 0 unspecified atom stereocenters. The number of hydrogen-bond donors (Lipinski definition) is 1. The molecule has 3 rings (SSSR count). The number of benzene rings is 1. The van der Waals surface area contributed by atoms with Gasteiger partial charge >= 0.3 is 5.69 Å². The molecular formula is C18H23FN4O2. The van der Waals surface area contributed by atoms with Gasteiger partial charge in [-0.1, -0.05) is 26.0 Å². The molecule has 0 saturated carbocycles. The first kappa shape index (κ1) is 17.4. The molecule has 2 aromatic rings. The SMILES string of the molecule is CC(C)C(=O)N1CCC(Cc2n[nH]c(=O)n2-c2ccccc2F)CC1. The van der Waals surface area contributed by atoms with Crippen molar-refractivity contribution in [1.29, 1.82) is 0 Å². The molecule has 0 atom stereocenters. The van der Waals surface area contributed by atoms with Crippen molar-refractivity contribution >= 4 is 5.91 Å². The number of halogens is 1. The molecule has 1 aliphatic heterocycles. The summed E-state index contributed by atoms with van der Waals surface area (Å²) in [6, 6.07) is 6.18. The molecule has 1 fully saturated rings. The molecule has 1 aromatic carbocycles. The fourth-order valence-electron chi connectivity index (χ4n) is 3.33. The summed E-state index contributed by atoms with van der Waals surface area (Å²) < 4.78 is 15.4. The predicted octanol–water partition coefficient (Wildman–Crippen LogP) is 2.14. The molecule has 0 spiro atoms. The number of carbonyl (C=O) groups is 1. The Hall–Kier alpha value is -2.44. The fraction of sp³-hybridized carbons (Fsp3) is 0.500. The van der Waals surface area contributed by atoms with Gasteiger partial charge in [0.1, 0.15) is 11.6 Å². The van der Waals surface area contributed by atoms with Gasteiger partial charge in [-0.05, 0) is 30.9 Å². The molecule has 134 valence electrons. The summed E-state index contributed by atoms with van der Waals surface area (Å²) in [5, 5.41) is 6.51. The van der Waals surface area contributed by atoms with Crippen molar-refractivity contribution < 1.29 is 9.18 Å². The van der Waals surface area contributed by atoms with E-state index in [4.69, 9.17) is 0 Å². The largest absolute Gasteiger partial charge is 0.348 e. The zero-order valence-corrected chi connectivity index (χ0v) is 14.5. The Kier molecular flexibility index (Phi) is 5.01. The van der Waals surface area contributed by atoms with Crippen molar-refractivity contribution in [2.75, 3.05) is 13.1 Å². The van der Waals surface area contributed by atoms with E-state index in [1.807, 2.05) is 18.7 Å². The highest BCUT2D eigenvalue weighted by Crippen LogP contribution is 2.23. The van der Waals surface area contributed by atoms with E-state index in [0.717, 1.165) is 25.9 Å². The van der Waals surface area contributed by atoms with Crippen LogP contribution < -0.4 is 5.69 Å². The van der Waals surface area contributed by atoms with Crippen LogP contribution in [0.1, 0.15) is 32.5 Å². The Balaban J connectivity index is 1.73. The van der Waals surface area contributed by atoms with Crippen LogP contribution in [0.15, 0.2) is 29.1 Å². The van der Waals surface area contributed by atoms with Crippen LogP contribution >= 0.6 is 0 Å². The molecule has 2 heterocycles. The van der Waals surface area contributed by atoms with Crippen LogP contribution in [-0.4, -0.2) is 38.7 Å². The minimum Gasteiger partial charge on any atom is -0.342 e. The van der Waals surface area contributed by atoms with Crippen molar-refractivity contribution in [1.82, 2.24) is 19.7 Å². The van der Waals surface area contributed by atoms with Gasteiger partial charge in [0, 0.05) is 25.4 Å². The summed E-state index contributed by atoms with van der Waals surface area (Å²) >= 11 is 0. The number of aromatic nitrogens is 3. The molecule has 0 bridgehead atoms. The Morgan fingerprint density at radius 2 is 2.00 bits per heavy atom. The van der Waals surface area contributed by atoms with Gasteiger partial charge in [0.15, 0.2) is 0 Å². The van der Waals surface area contributed by atoms with Crippen molar-refractivity contribution in [3.05, 3.63) is 46.4 Å². The Morgan fingerprint density at radius 3 is 2.64 bits per heavy atom. The van der Waals surface area contributed by atoms with Crippen LogP contribution in [0.2, 0.25) is 0 Å². The first-order chi connectivity index (χ1) is 12.0. The smallest absolute Gasteiger partial charge is 0.342 e. The van der Waals surface area contributed by atoms with E-state index < -0.39 is 11.5 Å². The summed E-state index contributed by atoms with van der Waals surface area (Å²) in [6.07, 6.45) is 2.30. The van der Waals surface area contributed by atoms with Crippen molar-refractivity contribution in [3.8, 4) is 5.69 Å². The third-order valence-corrected chi connectivity index (χ3v) is 4.73. The van der Waals surface area contributed by atoms with Gasteiger partial charge in [0.05, 0.1) is 5.69 Å². The lowest BCUT2D eigenvalue weighted by Crippen LogP contribution is -2.41. The molecule has 1 amide bonds. The van der Waals surface area contributed by atoms with Crippen LogP contribution in [-0.2, 0) is 11.2 Å². The van der Waals surface area contributed by atoms with Gasteiger partial charge in [-0.15, -0.1) is 0 Å². The number of aromatic amines is 1. The van der Waals surface area contributed by atoms with E-state index in [1.54, 1.807) is 18.2 Å². The highest BCUT2D eigenvalue weighted by Gasteiger charge is 2.26. The van der Waals surface area contributed by atoms with Gasteiger partial charge in [-0.2, -0.15) is 5.10 Å². The molecule has 0 radical (unpaired) electrons. The molecule has 7 heteroatoms. The highest BCUT2D eigenvalue weighted by molar-refractivity contribution is 5.78. The number of amides is 1. The molecule has 1 aliphatic rings. The third-order valence-electron chi connectivity index (χ3n) is 4.73.